The molecule has 3 heteroatoms. The molecule has 0 saturated heterocycles. The van der Waals surface area contributed by atoms with Gasteiger partial charge in [0.2, 0.25) is 5.91 Å². The van der Waals surface area contributed by atoms with Crippen LogP contribution in [0.25, 0.3) is 0 Å². The summed E-state index contributed by atoms with van der Waals surface area (Å²) in [6.07, 6.45) is 2.56. The smallest absolute Gasteiger partial charge is 0.226 e. The van der Waals surface area contributed by atoms with Gasteiger partial charge in [-0.05, 0) is 38.6 Å². The lowest BCUT2D eigenvalue weighted by atomic mass is 9.95. The third-order valence-corrected chi connectivity index (χ3v) is 3.60. The number of anilines is 1. The third kappa shape index (κ3) is 2.41. The number of hydrogen-bond donors (Lipinski definition) is 0. The van der Waals surface area contributed by atoms with E-state index in [0.717, 1.165) is 25.1 Å². The van der Waals surface area contributed by atoms with Gasteiger partial charge >= 0.3 is 0 Å². The highest BCUT2D eigenvalue weighted by Crippen LogP contribution is 2.36. The molecule has 1 unspecified atom stereocenters. The largest absolute Gasteiger partial charge is 0.312 e. The standard InChI is InChI=1S/C15H22N2O/c1-4-7-15(18)17-11-10-13(16(2)3)12-8-5-6-9-14(12)17/h5-6,8-9,13H,4,7,10-11H2,1-3H3. The maximum Gasteiger partial charge on any atom is 0.226 e. The van der Waals surface area contributed by atoms with Gasteiger partial charge in [0.15, 0.2) is 0 Å². The van der Waals surface area contributed by atoms with Crippen LogP contribution in [0.3, 0.4) is 0 Å². The van der Waals surface area contributed by atoms with Gasteiger partial charge in [-0.15, -0.1) is 0 Å². The van der Waals surface area contributed by atoms with Crippen molar-refractivity contribution in [3.8, 4) is 0 Å². The number of rotatable bonds is 3. The highest BCUT2D eigenvalue weighted by Gasteiger charge is 2.28. The Morgan fingerprint density at radius 1 is 1.39 bits per heavy atom. The molecule has 0 N–H and O–H groups in total. The molecule has 1 aliphatic heterocycles. The van der Waals surface area contributed by atoms with Gasteiger partial charge in [-0.1, -0.05) is 25.1 Å². The topological polar surface area (TPSA) is 23.6 Å². The van der Waals surface area contributed by atoms with Crippen LogP contribution >= 0.6 is 0 Å². The van der Waals surface area contributed by atoms with Crippen LogP contribution in [-0.2, 0) is 4.79 Å². The van der Waals surface area contributed by atoms with Crippen molar-refractivity contribution in [3.05, 3.63) is 29.8 Å². The molecule has 0 aromatic heterocycles. The van der Waals surface area contributed by atoms with Crippen molar-refractivity contribution in [2.75, 3.05) is 25.5 Å². The molecule has 1 amide bonds. The average molecular weight is 246 g/mol. The maximum absolute atomic E-state index is 12.1. The molecule has 1 atom stereocenters. The van der Waals surface area contributed by atoms with Gasteiger partial charge < -0.3 is 9.80 Å². The van der Waals surface area contributed by atoms with E-state index in [1.54, 1.807) is 0 Å². The SMILES string of the molecule is CCCC(=O)N1CCC(N(C)C)c2ccccc21. The molecule has 1 aromatic rings. The van der Waals surface area contributed by atoms with Crippen molar-refractivity contribution in [1.82, 2.24) is 4.90 Å². The summed E-state index contributed by atoms with van der Waals surface area (Å²) in [4.78, 5) is 16.3. The van der Waals surface area contributed by atoms with Crippen LogP contribution in [0.5, 0.6) is 0 Å². The van der Waals surface area contributed by atoms with E-state index in [0.29, 0.717) is 12.5 Å². The van der Waals surface area contributed by atoms with Gasteiger partial charge in [-0.2, -0.15) is 0 Å². The fourth-order valence-corrected chi connectivity index (χ4v) is 2.69. The van der Waals surface area contributed by atoms with Crippen LogP contribution in [0, 0.1) is 0 Å². The number of para-hydroxylation sites is 1. The Kier molecular flexibility index (Phi) is 4.02. The molecule has 0 spiro atoms. The first kappa shape index (κ1) is 13.1. The molecule has 0 saturated carbocycles. The lowest BCUT2D eigenvalue weighted by molar-refractivity contribution is -0.118. The fraction of sp³-hybridized carbons (Fsp3) is 0.533. The number of amides is 1. The predicted molar refractivity (Wildman–Crippen MR) is 74.7 cm³/mol. The van der Waals surface area contributed by atoms with Gasteiger partial charge in [-0.3, -0.25) is 4.79 Å². The Bertz CT molecular complexity index is 428. The lowest BCUT2D eigenvalue weighted by Crippen LogP contribution is -2.39. The van der Waals surface area contributed by atoms with Crippen molar-refractivity contribution < 1.29 is 4.79 Å². The van der Waals surface area contributed by atoms with Gasteiger partial charge in [0.1, 0.15) is 0 Å². The molecule has 18 heavy (non-hydrogen) atoms. The normalized spacial score (nSPS) is 18.9. The molecule has 1 aliphatic rings. The number of fused-ring (bicyclic) bond motifs is 1. The Hall–Kier alpha value is -1.35. The van der Waals surface area contributed by atoms with Crippen LogP contribution in [0.1, 0.15) is 37.8 Å². The first-order valence-electron chi connectivity index (χ1n) is 6.71. The zero-order valence-corrected chi connectivity index (χ0v) is 11.5. The van der Waals surface area contributed by atoms with E-state index < -0.39 is 0 Å². The minimum absolute atomic E-state index is 0.252. The number of carbonyl (C=O) groups is 1. The van der Waals surface area contributed by atoms with Gasteiger partial charge in [0.25, 0.3) is 0 Å². The minimum Gasteiger partial charge on any atom is -0.312 e. The first-order valence-corrected chi connectivity index (χ1v) is 6.71. The highest BCUT2D eigenvalue weighted by molar-refractivity contribution is 5.94. The Morgan fingerprint density at radius 2 is 2.11 bits per heavy atom. The maximum atomic E-state index is 12.1. The molecule has 0 bridgehead atoms. The summed E-state index contributed by atoms with van der Waals surface area (Å²) in [5.74, 6) is 0.252. The Labute approximate surface area is 109 Å². The lowest BCUT2D eigenvalue weighted by Gasteiger charge is -2.37. The van der Waals surface area contributed by atoms with E-state index in [1.165, 1.54) is 5.56 Å². The Morgan fingerprint density at radius 3 is 2.78 bits per heavy atom. The van der Waals surface area contributed by atoms with Crippen molar-refractivity contribution in [2.24, 2.45) is 0 Å². The molecule has 2 rings (SSSR count). The minimum atomic E-state index is 0.252. The number of nitrogens with zero attached hydrogens (tertiary/aromatic N) is 2. The molecule has 1 aromatic carbocycles. The molecule has 0 radical (unpaired) electrons. The van der Waals surface area contributed by atoms with E-state index in [9.17, 15) is 4.79 Å². The highest BCUT2D eigenvalue weighted by atomic mass is 16.2. The summed E-state index contributed by atoms with van der Waals surface area (Å²) in [5, 5.41) is 0. The summed E-state index contributed by atoms with van der Waals surface area (Å²) < 4.78 is 0. The molecule has 0 aliphatic carbocycles. The second-order valence-electron chi connectivity index (χ2n) is 5.12. The molecular weight excluding hydrogens is 224 g/mol. The number of hydrogen-bond acceptors (Lipinski definition) is 2. The van der Waals surface area contributed by atoms with Gasteiger partial charge in [0, 0.05) is 24.7 Å². The van der Waals surface area contributed by atoms with E-state index in [4.69, 9.17) is 0 Å². The first-order chi connectivity index (χ1) is 8.65. The van der Waals surface area contributed by atoms with Crippen molar-refractivity contribution >= 4 is 11.6 Å². The quantitative estimate of drug-likeness (QED) is 0.818. The van der Waals surface area contributed by atoms with E-state index in [-0.39, 0.29) is 5.91 Å². The number of carbonyl (C=O) groups excluding carboxylic acids is 1. The molecular formula is C15H22N2O. The van der Waals surface area contributed by atoms with Crippen LogP contribution in [0.4, 0.5) is 5.69 Å². The molecule has 98 valence electrons. The summed E-state index contributed by atoms with van der Waals surface area (Å²) in [7, 11) is 4.20. The molecule has 3 nitrogen and oxygen atoms in total. The zero-order valence-electron chi connectivity index (χ0n) is 11.5. The van der Waals surface area contributed by atoms with Crippen LogP contribution in [0.15, 0.2) is 24.3 Å². The number of benzene rings is 1. The second-order valence-corrected chi connectivity index (χ2v) is 5.12. The second kappa shape index (κ2) is 5.53. The predicted octanol–water partition coefficient (Wildman–Crippen LogP) is 2.83. The Balaban J connectivity index is 2.33. The zero-order chi connectivity index (χ0) is 13.1. The molecule has 0 fully saturated rings. The van der Waals surface area contributed by atoms with Crippen LogP contribution in [-0.4, -0.2) is 31.4 Å². The van der Waals surface area contributed by atoms with Crippen molar-refractivity contribution in [1.29, 1.82) is 0 Å². The summed E-state index contributed by atoms with van der Waals surface area (Å²) in [6.45, 7) is 2.88. The summed E-state index contributed by atoms with van der Waals surface area (Å²) in [6, 6.07) is 8.71. The molecule has 1 heterocycles. The van der Waals surface area contributed by atoms with E-state index in [2.05, 4.69) is 44.1 Å². The summed E-state index contributed by atoms with van der Waals surface area (Å²) >= 11 is 0. The van der Waals surface area contributed by atoms with E-state index in [1.807, 2.05) is 11.0 Å². The van der Waals surface area contributed by atoms with Gasteiger partial charge in [0.05, 0.1) is 0 Å². The van der Waals surface area contributed by atoms with Crippen LogP contribution < -0.4 is 4.90 Å². The van der Waals surface area contributed by atoms with Gasteiger partial charge in [-0.25, -0.2) is 0 Å². The van der Waals surface area contributed by atoms with Crippen LogP contribution in [0.2, 0.25) is 0 Å². The average Bonchev–Trinajstić information content (AvgIpc) is 2.37. The third-order valence-electron chi connectivity index (χ3n) is 3.60. The summed E-state index contributed by atoms with van der Waals surface area (Å²) in [5.41, 5.74) is 2.37. The van der Waals surface area contributed by atoms with Crippen molar-refractivity contribution in [2.45, 2.75) is 32.2 Å². The van der Waals surface area contributed by atoms with E-state index >= 15 is 0 Å². The van der Waals surface area contributed by atoms with Crippen molar-refractivity contribution in [3.63, 3.8) is 0 Å². The fourth-order valence-electron chi connectivity index (χ4n) is 2.69. The monoisotopic (exact) mass is 246 g/mol.